The third-order valence-electron chi connectivity index (χ3n) is 4.41. The van der Waals surface area contributed by atoms with E-state index in [9.17, 15) is 0 Å². The topological polar surface area (TPSA) is 99.8 Å². The summed E-state index contributed by atoms with van der Waals surface area (Å²) in [4.78, 5) is 24.8. The summed E-state index contributed by atoms with van der Waals surface area (Å²) in [6.07, 6.45) is 6.44. The Hall–Kier alpha value is -2.90. The minimum Gasteiger partial charge on any atom is -0.369 e. The molecule has 24 heavy (non-hydrogen) atoms. The van der Waals surface area contributed by atoms with E-state index in [1.807, 2.05) is 12.4 Å². The van der Waals surface area contributed by atoms with Gasteiger partial charge < -0.3 is 20.5 Å². The van der Waals surface area contributed by atoms with Gasteiger partial charge in [0.1, 0.15) is 5.52 Å². The molecule has 1 fully saturated rings. The summed E-state index contributed by atoms with van der Waals surface area (Å²) < 4.78 is 0. The number of nitrogen functional groups attached to an aromatic ring is 1. The zero-order valence-corrected chi connectivity index (χ0v) is 13.6. The molecule has 1 aliphatic rings. The van der Waals surface area contributed by atoms with Crippen LogP contribution in [0, 0.1) is 6.92 Å². The van der Waals surface area contributed by atoms with Gasteiger partial charge in [-0.1, -0.05) is 0 Å². The van der Waals surface area contributed by atoms with Crippen molar-refractivity contribution in [3.05, 3.63) is 30.4 Å². The van der Waals surface area contributed by atoms with Crippen molar-refractivity contribution < 1.29 is 0 Å². The summed E-state index contributed by atoms with van der Waals surface area (Å²) in [6, 6.07) is 2.08. The third-order valence-corrected chi connectivity index (χ3v) is 4.41. The first-order chi connectivity index (χ1) is 11.7. The summed E-state index contributed by atoms with van der Waals surface area (Å²) in [5.41, 5.74) is 9.76. The number of rotatable bonds is 2. The number of nitrogens with two attached hydrogens (primary N) is 1. The molecule has 0 unspecified atom stereocenters. The van der Waals surface area contributed by atoms with Crippen LogP contribution in [0.1, 0.15) is 12.0 Å². The molecule has 8 heteroatoms. The van der Waals surface area contributed by atoms with Crippen LogP contribution in [0.2, 0.25) is 0 Å². The van der Waals surface area contributed by atoms with Crippen molar-refractivity contribution in [1.82, 2.24) is 24.9 Å². The van der Waals surface area contributed by atoms with Gasteiger partial charge in [0.2, 0.25) is 5.95 Å². The van der Waals surface area contributed by atoms with Gasteiger partial charge in [-0.05, 0) is 25.0 Å². The van der Waals surface area contributed by atoms with E-state index >= 15 is 0 Å². The number of pyridine rings is 1. The molecule has 0 aliphatic carbocycles. The van der Waals surface area contributed by atoms with Gasteiger partial charge in [-0.25, -0.2) is 4.98 Å². The number of hydrogen-bond acceptors (Lipinski definition) is 7. The molecule has 4 heterocycles. The highest BCUT2D eigenvalue weighted by Gasteiger charge is 2.20. The van der Waals surface area contributed by atoms with Gasteiger partial charge in [0, 0.05) is 44.3 Å². The molecule has 0 bridgehead atoms. The Balaban J connectivity index is 1.61. The molecule has 0 saturated carbocycles. The normalized spacial score (nSPS) is 15.7. The average Bonchev–Trinajstić information content (AvgIpc) is 2.90. The fourth-order valence-electron chi connectivity index (χ4n) is 3.25. The smallest absolute Gasteiger partial charge is 0.224 e. The third kappa shape index (κ3) is 2.60. The van der Waals surface area contributed by atoms with E-state index < -0.39 is 0 Å². The van der Waals surface area contributed by atoms with Crippen LogP contribution < -0.4 is 15.5 Å². The Kier molecular flexibility index (Phi) is 3.64. The average molecular weight is 324 g/mol. The minimum atomic E-state index is 0.260. The van der Waals surface area contributed by atoms with Crippen molar-refractivity contribution in [3.63, 3.8) is 0 Å². The van der Waals surface area contributed by atoms with E-state index in [0.29, 0.717) is 5.65 Å². The van der Waals surface area contributed by atoms with Gasteiger partial charge in [-0.15, -0.1) is 0 Å². The van der Waals surface area contributed by atoms with Crippen LogP contribution in [-0.4, -0.2) is 51.1 Å². The number of H-pyrrole nitrogens is 1. The zero-order chi connectivity index (χ0) is 16.5. The van der Waals surface area contributed by atoms with Crippen LogP contribution >= 0.6 is 0 Å². The molecular formula is C16H20N8. The van der Waals surface area contributed by atoms with Crippen molar-refractivity contribution in [2.45, 2.75) is 13.3 Å². The largest absolute Gasteiger partial charge is 0.369 e. The van der Waals surface area contributed by atoms with E-state index in [2.05, 4.69) is 47.7 Å². The monoisotopic (exact) mass is 324 g/mol. The Labute approximate surface area is 139 Å². The second kappa shape index (κ2) is 5.95. The number of anilines is 3. The Bertz CT molecular complexity index is 858. The molecule has 4 rings (SSSR count). The molecule has 0 radical (unpaired) electrons. The molecule has 0 amide bonds. The van der Waals surface area contributed by atoms with E-state index in [0.717, 1.165) is 43.9 Å². The van der Waals surface area contributed by atoms with Crippen molar-refractivity contribution in [1.29, 1.82) is 0 Å². The molecule has 1 saturated heterocycles. The SMILES string of the molecule is Cc1cnccc1N1CCCN(c2nc(N)nc3nc[nH]c23)CC1. The number of hydrogen-bond donors (Lipinski definition) is 2. The summed E-state index contributed by atoms with van der Waals surface area (Å²) in [7, 11) is 0. The predicted molar refractivity (Wildman–Crippen MR) is 94.1 cm³/mol. The van der Waals surface area contributed by atoms with Crippen molar-refractivity contribution in [3.8, 4) is 0 Å². The molecule has 0 atom stereocenters. The summed E-state index contributed by atoms with van der Waals surface area (Å²) >= 11 is 0. The van der Waals surface area contributed by atoms with Crippen LogP contribution in [0.5, 0.6) is 0 Å². The van der Waals surface area contributed by atoms with Crippen LogP contribution in [-0.2, 0) is 0 Å². The fourth-order valence-corrected chi connectivity index (χ4v) is 3.25. The second-order valence-corrected chi connectivity index (χ2v) is 6.00. The maximum atomic E-state index is 5.85. The molecular weight excluding hydrogens is 304 g/mol. The Morgan fingerprint density at radius 3 is 2.83 bits per heavy atom. The molecule has 3 N–H and O–H groups in total. The quantitative estimate of drug-likeness (QED) is 0.734. The van der Waals surface area contributed by atoms with Gasteiger partial charge in [0.15, 0.2) is 11.5 Å². The number of aromatic amines is 1. The van der Waals surface area contributed by atoms with Crippen molar-refractivity contribution >= 4 is 28.6 Å². The zero-order valence-electron chi connectivity index (χ0n) is 13.6. The van der Waals surface area contributed by atoms with Crippen LogP contribution in [0.4, 0.5) is 17.5 Å². The summed E-state index contributed by atoms with van der Waals surface area (Å²) in [5.74, 6) is 1.10. The molecule has 124 valence electrons. The molecule has 1 aliphatic heterocycles. The highest BCUT2D eigenvalue weighted by atomic mass is 15.3. The van der Waals surface area contributed by atoms with Gasteiger partial charge in [-0.2, -0.15) is 9.97 Å². The first-order valence-electron chi connectivity index (χ1n) is 8.09. The lowest BCUT2D eigenvalue weighted by Gasteiger charge is -2.25. The Morgan fingerprint density at radius 2 is 1.96 bits per heavy atom. The maximum Gasteiger partial charge on any atom is 0.224 e. The van der Waals surface area contributed by atoms with E-state index in [1.54, 1.807) is 6.33 Å². The standard InChI is InChI=1S/C16H20N8/c1-11-9-18-4-3-12(11)23-5-2-6-24(8-7-23)15-13-14(20-10-19-13)21-16(17)22-15/h3-4,9-10H,2,5-8H2,1H3,(H3,17,19,20,21,22). The lowest BCUT2D eigenvalue weighted by molar-refractivity contribution is 0.798. The number of fused-ring (bicyclic) bond motifs is 1. The number of aryl methyl sites for hydroxylation is 1. The van der Waals surface area contributed by atoms with E-state index in [4.69, 9.17) is 5.73 Å². The summed E-state index contributed by atoms with van der Waals surface area (Å²) in [6.45, 7) is 5.82. The van der Waals surface area contributed by atoms with E-state index in [1.165, 1.54) is 11.3 Å². The Morgan fingerprint density at radius 1 is 1.12 bits per heavy atom. The van der Waals surface area contributed by atoms with Gasteiger partial charge in [0.25, 0.3) is 0 Å². The van der Waals surface area contributed by atoms with Crippen LogP contribution in [0.3, 0.4) is 0 Å². The molecule has 0 aromatic carbocycles. The van der Waals surface area contributed by atoms with Crippen LogP contribution in [0.25, 0.3) is 11.2 Å². The highest BCUT2D eigenvalue weighted by molar-refractivity contribution is 5.84. The lowest BCUT2D eigenvalue weighted by Crippen LogP contribution is -2.31. The number of aromatic nitrogens is 5. The number of nitrogens with one attached hydrogen (secondary N) is 1. The molecule has 8 nitrogen and oxygen atoms in total. The van der Waals surface area contributed by atoms with Crippen molar-refractivity contribution in [2.75, 3.05) is 41.7 Å². The highest BCUT2D eigenvalue weighted by Crippen LogP contribution is 2.25. The summed E-state index contributed by atoms with van der Waals surface area (Å²) in [5, 5.41) is 0. The molecule has 3 aromatic rings. The minimum absolute atomic E-state index is 0.260. The fraction of sp³-hybridized carbons (Fsp3) is 0.375. The van der Waals surface area contributed by atoms with Crippen molar-refractivity contribution in [2.24, 2.45) is 0 Å². The maximum absolute atomic E-state index is 5.85. The van der Waals surface area contributed by atoms with Gasteiger partial charge in [-0.3, -0.25) is 4.98 Å². The second-order valence-electron chi connectivity index (χ2n) is 6.00. The first-order valence-corrected chi connectivity index (χ1v) is 8.09. The predicted octanol–water partition coefficient (Wildman–Crippen LogP) is 1.36. The number of imidazole rings is 1. The molecule has 0 spiro atoms. The lowest BCUT2D eigenvalue weighted by atomic mass is 10.2. The van der Waals surface area contributed by atoms with Crippen LogP contribution in [0.15, 0.2) is 24.8 Å². The molecule has 3 aromatic heterocycles. The first kappa shape index (κ1) is 14.7. The van der Waals surface area contributed by atoms with Gasteiger partial charge in [0.05, 0.1) is 6.33 Å². The van der Waals surface area contributed by atoms with E-state index in [-0.39, 0.29) is 5.95 Å². The van der Waals surface area contributed by atoms with Gasteiger partial charge >= 0.3 is 0 Å². The number of nitrogens with zero attached hydrogens (tertiary/aromatic N) is 6.